The number of rotatable bonds is 4. The van der Waals surface area contributed by atoms with Crippen molar-refractivity contribution < 1.29 is 9.50 Å². The molecule has 0 aliphatic carbocycles. The van der Waals surface area contributed by atoms with Crippen molar-refractivity contribution in [2.45, 2.75) is 32.0 Å². The predicted molar refractivity (Wildman–Crippen MR) is 115 cm³/mol. The minimum absolute atomic E-state index is 0.179. The van der Waals surface area contributed by atoms with E-state index >= 15 is 0 Å². The monoisotopic (exact) mass is 408 g/mol. The molecule has 148 valence electrons. The first-order valence-electron chi connectivity index (χ1n) is 9.69. The molecule has 4 rings (SSSR count). The van der Waals surface area contributed by atoms with E-state index < -0.39 is 0 Å². The maximum Gasteiger partial charge on any atom is 0.126 e. The Morgan fingerprint density at radius 2 is 1.79 bits per heavy atom. The number of aromatic hydroxyl groups is 1. The van der Waals surface area contributed by atoms with Gasteiger partial charge >= 0.3 is 0 Å². The highest BCUT2D eigenvalue weighted by molar-refractivity contribution is 6.30. The molecular weight excluding hydrogens is 387 g/mol. The molecule has 0 unspecified atom stereocenters. The molecule has 1 aliphatic heterocycles. The van der Waals surface area contributed by atoms with Gasteiger partial charge in [0.15, 0.2) is 0 Å². The average molecular weight is 409 g/mol. The van der Waals surface area contributed by atoms with E-state index in [1.54, 1.807) is 30.3 Å². The highest BCUT2D eigenvalue weighted by Gasteiger charge is 2.27. The van der Waals surface area contributed by atoms with Gasteiger partial charge in [0, 0.05) is 28.8 Å². The summed E-state index contributed by atoms with van der Waals surface area (Å²) in [6.07, 6.45) is 1.23. The second-order valence-corrected chi connectivity index (χ2v) is 7.64. The van der Waals surface area contributed by atoms with Crippen molar-refractivity contribution in [2.24, 2.45) is 4.99 Å². The van der Waals surface area contributed by atoms with Crippen molar-refractivity contribution in [3.05, 3.63) is 99.8 Å². The molecule has 3 aromatic carbocycles. The van der Waals surface area contributed by atoms with E-state index in [1.165, 1.54) is 17.7 Å². The number of aryl methyl sites for hydroxylation is 1. The van der Waals surface area contributed by atoms with Crippen LogP contribution in [0.1, 0.15) is 47.8 Å². The predicted octanol–water partition coefficient (Wildman–Crippen LogP) is 5.97. The molecule has 1 aliphatic rings. The summed E-state index contributed by atoms with van der Waals surface area (Å²) in [5.74, 6) is -0.0970. The minimum Gasteiger partial charge on any atom is -0.508 e. The van der Waals surface area contributed by atoms with Gasteiger partial charge in [0.05, 0.1) is 0 Å². The molecule has 0 fully saturated rings. The van der Waals surface area contributed by atoms with E-state index in [4.69, 9.17) is 16.6 Å². The van der Waals surface area contributed by atoms with E-state index in [9.17, 15) is 9.50 Å². The van der Waals surface area contributed by atoms with Crippen molar-refractivity contribution in [3.8, 4) is 5.75 Å². The number of benzene rings is 3. The lowest BCUT2D eigenvalue weighted by Gasteiger charge is -2.31. The average Bonchev–Trinajstić information content (AvgIpc) is 2.75. The van der Waals surface area contributed by atoms with Crippen molar-refractivity contribution >= 4 is 17.3 Å². The van der Waals surface area contributed by atoms with Gasteiger partial charge in [-0.2, -0.15) is 0 Å². The standard InChI is InChI=1S/C24H22ClFN2O/c1-2-15-3-5-16(6-4-15)21-14-22(20-13-18(25)9-12-23(20)29)28-24(27-21)17-7-10-19(26)11-8-17/h3-13,22,24,28-29H,2,14H2,1H3/t22-,24-/m0/s1. The molecule has 0 saturated carbocycles. The number of phenolic OH excluding ortho intramolecular Hbond substituents is 1. The summed E-state index contributed by atoms with van der Waals surface area (Å²) in [7, 11) is 0. The van der Waals surface area contributed by atoms with Crippen LogP contribution >= 0.6 is 11.6 Å². The van der Waals surface area contributed by atoms with Crippen molar-refractivity contribution in [1.82, 2.24) is 5.32 Å². The zero-order valence-corrected chi connectivity index (χ0v) is 16.8. The Morgan fingerprint density at radius 1 is 1.07 bits per heavy atom. The van der Waals surface area contributed by atoms with E-state index in [0.717, 1.165) is 28.8 Å². The van der Waals surface area contributed by atoms with E-state index in [0.29, 0.717) is 11.4 Å². The maximum absolute atomic E-state index is 13.4. The van der Waals surface area contributed by atoms with Gasteiger partial charge in [-0.3, -0.25) is 10.3 Å². The second-order valence-electron chi connectivity index (χ2n) is 7.21. The van der Waals surface area contributed by atoms with Gasteiger partial charge in [-0.05, 0) is 53.4 Å². The molecule has 0 amide bonds. The topological polar surface area (TPSA) is 44.6 Å². The molecule has 1 heterocycles. The summed E-state index contributed by atoms with van der Waals surface area (Å²) in [5, 5.41) is 14.4. The van der Waals surface area contributed by atoms with E-state index in [1.807, 2.05) is 0 Å². The quantitative estimate of drug-likeness (QED) is 0.558. The first-order chi connectivity index (χ1) is 14.0. The van der Waals surface area contributed by atoms with Crippen molar-refractivity contribution in [2.75, 3.05) is 0 Å². The molecule has 0 bridgehead atoms. The summed E-state index contributed by atoms with van der Waals surface area (Å²) >= 11 is 6.18. The lowest BCUT2D eigenvalue weighted by molar-refractivity contribution is 0.412. The Balaban J connectivity index is 1.75. The zero-order chi connectivity index (χ0) is 20.4. The van der Waals surface area contributed by atoms with E-state index in [-0.39, 0.29) is 23.8 Å². The van der Waals surface area contributed by atoms with Crippen LogP contribution in [0.15, 0.2) is 71.7 Å². The Kier molecular flexibility index (Phi) is 5.65. The van der Waals surface area contributed by atoms with Crippen molar-refractivity contribution in [1.29, 1.82) is 0 Å². The Labute approximate surface area is 174 Å². The van der Waals surface area contributed by atoms with Crippen LogP contribution < -0.4 is 5.32 Å². The summed E-state index contributed by atoms with van der Waals surface area (Å²) in [4.78, 5) is 4.90. The van der Waals surface area contributed by atoms with Crippen LogP contribution in [0, 0.1) is 5.82 Å². The smallest absolute Gasteiger partial charge is 0.126 e. The molecule has 2 N–H and O–H groups in total. The van der Waals surface area contributed by atoms with Gasteiger partial charge < -0.3 is 5.11 Å². The van der Waals surface area contributed by atoms with Gasteiger partial charge in [-0.15, -0.1) is 0 Å². The van der Waals surface area contributed by atoms with Crippen LogP contribution in [0.4, 0.5) is 4.39 Å². The first-order valence-corrected chi connectivity index (χ1v) is 10.1. The molecule has 0 spiro atoms. The fraction of sp³-hybridized carbons (Fsp3) is 0.208. The number of aliphatic imine (C=N–C) groups is 1. The molecular formula is C24H22ClFN2O. The molecule has 0 aromatic heterocycles. The zero-order valence-electron chi connectivity index (χ0n) is 16.1. The molecule has 0 radical (unpaired) electrons. The van der Waals surface area contributed by atoms with Crippen LogP contribution in [-0.2, 0) is 6.42 Å². The van der Waals surface area contributed by atoms with Crippen LogP contribution in [0.25, 0.3) is 0 Å². The first kappa shape index (κ1) is 19.6. The molecule has 0 saturated heterocycles. The molecule has 29 heavy (non-hydrogen) atoms. The summed E-state index contributed by atoms with van der Waals surface area (Å²) in [6, 6.07) is 19.6. The Hall–Kier alpha value is -2.69. The summed E-state index contributed by atoms with van der Waals surface area (Å²) < 4.78 is 13.4. The third-order valence-corrected chi connectivity index (χ3v) is 5.52. The lowest BCUT2D eigenvalue weighted by Crippen LogP contribution is -2.33. The lowest BCUT2D eigenvalue weighted by atomic mass is 9.93. The van der Waals surface area contributed by atoms with Gasteiger partial charge in [0.25, 0.3) is 0 Å². The number of nitrogens with zero attached hydrogens (tertiary/aromatic N) is 1. The third kappa shape index (κ3) is 4.34. The van der Waals surface area contributed by atoms with E-state index in [2.05, 4.69) is 36.5 Å². The third-order valence-electron chi connectivity index (χ3n) is 5.29. The summed E-state index contributed by atoms with van der Waals surface area (Å²) in [6.45, 7) is 2.12. The fourth-order valence-corrected chi connectivity index (χ4v) is 3.81. The fourth-order valence-electron chi connectivity index (χ4n) is 3.63. The maximum atomic E-state index is 13.4. The van der Waals surface area contributed by atoms with Gasteiger partial charge in [-0.25, -0.2) is 4.39 Å². The van der Waals surface area contributed by atoms with Crippen LogP contribution in [0.3, 0.4) is 0 Å². The van der Waals surface area contributed by atoms with Crippen molar-refractivity contribution in [3.63, 3.8) is 0 Å². The number of hydrogen-bond donors (Lipinski definition) is 2. The van der Waals surface area contributed by atoms with Crippen LogP contribution in [-0.4, -0.2) is 10.8 Å². The molecule has 3 aromatic rings. The Morgan fingerprint density at radius 3 is 2.48 bits per heavy atom. The molecule has 5 heteroatoms. The minimum atomic E-state index is -0.353. The second kappa shape index (κ2) is 8.36. The number of nitrogens with one attached hydrogen (secondary N) is 1. The van der Waals surface area contributed by atoms with Gasteiger partial charge in [-0.1, -0.05) is 54.9 Å². The van der Waals surface area contributed by atoms with Crippen LogP contribution in [0.2, 0.25) is 5.02 Å². The Bertz CT molecular complexity index is 1030. The molecule has 2 atom stereocenters. The summed E-state index contributed by atoms with van der Waals surface area (Å²) in [5.41, 5.74) is 4.83. The molecule has 3 nitrogen and oxygen atoms in total. The number of phenols is 1. The number of halogens is 2. The van der Waals surface area contributed by atoms with Gasteiger partial charge in [0.2, 0.25) is 0 Å². The normalized spacial score (nSPS) is 19.1. The SMILES string of the molecule is CCc1ccc(C2=N[C@H](c3ccc(F)cc3)N[C@H](c3cc(Cl)ccc3O)C2)cc1. The number of hydrogen-bond acceptors (Lipinski definition) is 3. The highest BCUT2D eigenvalue weighted by atomic mass is 35.5. The van der Waals surface area contributed by atoms with Gasteiger partial charge in [0.1, 0.15) is 17.7 Å². The largest absolute Gasteiger partial charge is 0.508 e. The highest BCUT2D eigenvalue weighted by Crippen LogP contribution is 2.35. The van der Waals surface area contributed by atoms with Crippen LogP contribution in [0.5, 0.6) is 5.75 Å².